The van der Waals surface area contributed by atoms with Crippen molar-refractivity contribution in [3.8, 4) is 11.5 Å². The number of aryl methyl sites for hydroxylation is 1. The molecule has 3 rings (SSSR count). The smallest absolute Gasteiger partial charge is 0.344 e. The number of fused-ring (bicyclic) bond motifs is 1. The van der Waals surface area contributed by atoms with E-state index in [1.54, 1.807) is 44.3 Å². The summed E-state index contributed by atoms with van der Waals surface area (Å²) >= 11 is 5.46. The number of hydrogen-bond donors (Lipinski definition) is 0. The summed E-state index contributed by atoms with van der Waals surface area (Å²) < 4.78 is 18.6. The van der Waals surface area contributed by atoms with Gasteiger partial charge in [-0.2, -0.15) is 9.78 Å². The second kappa shape index (κ2) is 10.2. The van der Waals surface area contributed by atoms with Crippen LogP contribution in [0.25, 0.3) is 10.9 Å². The van der Waals surface area contributed by atoms with Gasteiger partial charge in [0.05, 0.1) is 34.4 Å². The second-order valence-corrected chi connectivity index (χ2v) is 8.39. The van der Waals surface area contributed by atoms with Crippen LogP contribution in [-0.2, 0) is 9.53 Å². The van der Waals surface area contributed by atoms with Crippen LogP contribution in [0, 0.1) is 10.5 Å². The van der Waals surface area contributed by atoms with Crippen molar-refractivity contribution in [3.63, 3.8) is 0 Å². The summed E-state index contributed by atoms with van der Waals surface area (Å²) in [5, 5.41) is 4.79. The highest BCUT2D eigenvalue weighted by Crippen LogP contribution is 2.33. The molecule has 8 nitrogen and oxygen atoms in total. The lowest BCUT2D eigenvalue weighted by Gasteiger charge is -2.13. The molecule has 0 radical (unpaired) electrons. The Balaban J connectivity index is 1.93. The molecule has 3 aromatic rings. The largest absolute Gasteiger partial charge is 0.493 e. The van der Waals surface area contributed by atoms with E-state index in [-0.39, 0.29) is 18.8 Å². The predicted octanol–water partition coefficient (Wildman–Crippen LogP) is 3.90. The van der Waals surface area contributed by atoms with E-state index >= 15 is 0 Å². The van der Waals surface area contributed by atoms with Crippen molar-refractivity contribution < 1.29 is 19.0 Å². The SMILES string of the molecule is CCOC(=O)COc1c(I)cc(C=Nn2c(C)nc3ccc(Br)cc3c2=O)cc1OC. The Kier molecular flexibility index (Phi) is 7.65. The number of hydrogen-bond acceptors (Lipinski definition) is 7. The number of esters is 1. The Morgan fingerprint density at radius 2 is 2.10 bits per heavy atom. The average Bonchev–Trinajstić information content (AvgIpc) is 2.73. The minimum Gasteiger partial charge on any atom is -0.493 e. The minimum absolute atomic E-state index is 0.222. The molecular formula is C21H19BrIN3O5. The monoisotopic (exact) mass is 599 g/mol. The van der Waals surface area contributed by atoms with Crippen molar-refractivity contribution in [2.24, 2.45) is 5.10 Å². The van der Waals surface area contributed by atoms with Crippen LogP contribution in [0.3, 0.4) is 0 Å². The first-order valence-electron chi connectivity index (χ1n) is 9.23. The van der Waals surface area contributed by atoms with Crippen LogP contribution in [0.2, 0.25) is 0 Å². The topological polar surface area (TPSA) is 92.0 Å². The molecule has 1 heterocycles. The van der Waals surface area contributed by atoms with Gasteiger partial charge < -0.3 is 14.2 Å². The van der Waals surface area contributed by atoms with Gasteiger partial charge in [-0.1, -0.05) is 15.9 Å². The number of carbonyl (C=O) groups excluding carboxylic acids is 1. The van der Waals surface area contributed by atoms with Crippen molar-refractivity contribution in [1.29, 1.82) is 0 Å². The molecule has 1 aromatic heterocycles. The molecule has 0 N–H and O–H groups in total. The number of methoxy groups -OCH3 is 1. The average molecular weight is 600 g/mol. The predicted molar refractivity (Wildman–Crippen MR) is 129 cm³/mol. The zero-order valence-electron chi connectivity index (χ0n) is 17.0. The first-order chi connectivity index (χ1) is 14.8. The maximum absolute atomic E-state index is 12.9. The van der Waals surface area contributed by atoms with Gasteiger partial charge in [-0.15, -0.1) is 0 Å². The highest BCUT2D eigenvalue weighted by Gasteiger charge is 2.14. The van der Waals surface area contributed by atoms with Crippen LogP contribution in [0.15, 0.2) is 44.7 Å². The lowest BCUT2D eigenvalue weighted by atomic mass is 10.2. The lowest BCUT2D eigenvalue weighted by molar-refractivity contribution is -0.145. The highest BCUT2D eigenvalue weighted by atomic mass is 127. The van der Waals surface area contributed by atoms with Crippen LogP contribution in [0.1, 0.15) is 18.3 Å². The van der Waals surface area contributed by atoms with E-state index < -0.39 is 5.97 Å². The molecule has 0 unspecified atom stereocenters. The van der Waals surface area contributed by atoms with Crippen molar-refractivity contribution in [1.82, 2.24) is 9.66 Å². The molecule has 0 saturated carbocycles. The summed E-state index contributed by atoms with van der Waals surface area (Å²) in [5.74, 6) is 0.865. The summed E-state index contributed by atoms with van der Waals surface area (Å²) in [6.07, 6.45) is 1.54. The van der Waals surface area contributed by atoms with Crippen LogP contribution in [0.4, 0.5) is 0 Å². The fourth-order valence-electron chi connectivity index (χ4n) is 2.81. The van der Waals surface area contributed by atoms with Crippen LogP contribution < -0.4 is 15.0 Å². The van der Waals surface area contributed by atoms with E-state index in [1.165, 1.54) is 11.8 Å². The Hall–Kier alpha value is -2.47. The van der Waals surface area contributed by atoms with Gasteiger partial charge in [-0.05, 0) is 72.3 Å². The molecule has 0 saturated heterocycles. The maximum Gasteiger partial charge on any atom is 0.344 e. The fraction of sp³-hybridized carbons (Fsp3) is 0.238. The van der Waals surface area contributed by atoms with Crippen LogP contribution in [0.5, 0.6) is 11.5 Å². The Morgan fingerprint density at radius 3 is 2.81 bits per heavy atom. The zero-order chi connectivity index (χ0) is 22.5. The third-order valence-corrected chi connectivity index (χ3v) is 5.48. The number of nitrogens with zero attached hydrogens (tertiary/aromatic N) is 3. The number of aromatic nitrogens is 2. The zero-order valence-corrected chi connectivity index (χ0v) is 20.8. The summed E-state index contributed by atoms with van der Waals surface area (Å²) in [6, 6.07) is 8.85. The van der Waals surface area contributed by atoms with Gasteiger partial charge in [0.2, 0.25) is 0 Å². The van der Waals surface area contributed by atoms with Gasteiger partial charge in [0.15, 0.2) is 18.1 Å². The summed E-state index contributed by atoms with van der Waals surface area (Å²) in [4.78, 5) is 28.9. The first kappa shape index (κ1) is 23.2. The third-order valence-electron chi connectivity index (χ3n) is 4.18. The van der Waals surface area contributed by atoms with Gasteiger partial charge >= 0.3 is 5.97 Å². The summed E-state index contributed by atoms with van der Waals surface area (Å²) in [6.45, 7) is 3.51. The van der Waals surface area contributed by atoms with Crippen molar-refractivity contribution in [2.75, 3.05) is 20.3 Å². The lowest BCUT2D eigenvalue weighted by Crippen LogP contribution is -2.20. The minimum atomic E-state index is -0.462. The van der Waals surface area contributed by atoms with Crippen molar-refractivity contribution in [2.45, 2.75) is 13.8 Å². The Morgan fingerprint density at radius 1 is 1.32 bits per heavy atom. The number of halogens is 2. The fourth-order valence-corrected chi connectivity index (χ4v) is 3.95. The van der Waals surface area contributed by atoms with Gasteiger partial charge in [0.25, 0.3) is 5.56 Å². The van der Waals surface area contributed by atoms with Crippen LogP contribution >= 0.6 is 38.5 Å². The molecule has 0 aliphatic carbocycles. The standard InChI is InChI=1S/C21H19BrIN3O5/c1-4-30-19(27)11-31-20-16(23)7-13(8-18(20)29-3)10-24-26-12(2)25-17-6-5-14(22)9-15(17)21(26)28/h5-10H,4,11H2,1-3H3. The first-order valence-corrected chi connectivity index (χ1v) is 11.1. The molecular weight excluding hydrogens is 581 g/mol. The van der Waals surface area contributed by atoms with E-state index in [1.807, 2.05) is 6.07 Å². The van der Waals surface area contributed by atoms with Gasteiger partial charge in [-0.25, -0.2) is 9.78 Å². The quantitative estimate of drug-likeness (QED) is 0.232. The second-order valence-electron chi connectivity index (χ2n) is 6.31. The number of ether oxygens (including phenoxy) is 3. The molecule has 0 spiro atoms. The van der Waals surface area contributed by atoms with E-state index in [2.05, 4.69) is 48.6 Å². The van der Waals surface area contributed by atoms with Gasteiger partial charge in [0.1, 0.15) is 5.82 Å². The number of benzene rings is 2. The van der Waals surface area contributed by atoms with Crippen LogP contribution in [-0.4, -0.2) is 42.2 Å². The van der Waals surface area contributed by atoms with E-state index in [0.717, 1.165) is 4.47 Å². The molecule has 31 heavy (non-hydrogen) atoms. The summed E-state index contributed by atoms with van der Waals surface area (Å²) in [5.41, 5.74) is 1.03. The van der Waals surface area contributed by atoms with Crippen molar-refractivity contribution in [3.05, 3.63) is 60.1 Å². The summed E-state index contributed by atoms with van der Waals surface area (Å²) in [7, 11) is 1.50. The molecule has 2 aromatic carbocycles. The molecule has 0 aliphatic heterocycles. The number of rotatable bonds is 7. The molecule has 162 valence electrons. The molecule has 10 heteroatoms. The molecule has 0 atom stereocenters. The molecule has 0 bridgehead atoms. The third kappa shape index (κ3) is 5.42. The van der Waals surface area contributed by atoms with Crippen molar-refractivity contribution >= 4 is 61.6 Å². The van der Waals surface area contributed by atoms with E-state index in [0.29, 0.717) is 37.4 Å². The molecule has 0 amide bonds. The van der Waals surface area contributed by atoms with E-state index in [4.69, 9.17) is 14.2 Å². The van der Waals surface area contributed by atoms with Gasteiger partial charge in [0, 0.05) is 4.47 Å². The Bertz CT molecular complexity index is 1230. The number of carbonyl (C=O) groups is 1. The normalized spacial score (nSPS) is 11.1. The van der Waals surface area contributed by atoms with Gasteiger partial charge in [-0.3, -0.25) is 4.79 Å². The maximum atomic E-state index is 12.9. The van der Waals surface area contributed by atoms with E-state index in [9.17, 15) is 9.59 Å². The Labute approximate surface area is 200 Å². The molecule has 0 fully saturated rings. The highest BCUT2D eigenvalue weighted by molar-refractivity contribution is 14.1. The molecule has 0 aliphatic rings.